The smallest absolute Gasteiger partial charge is 0.268 e. The van der Waals surface area contributed by atoms with E-state index in [0.29, 0.717) is 17.9 Å². The number of hydrogen-bond acceptors (Lipinski definition) is 4. The van der Waals surface area contributed by atoms with E-state index in [1.165, 1.54) is 31.9 Å². The predicted octanol–water partition coefficient (Wildman–Crippen LogP) is 2.12. The molecule has 0 saturated heterocycles. The minimum atomic E-state index is -0.344. The number of carbonyl (C=O) groups is 1. The maximum Gasteiger partial charge on any atom is 0.268 e. The highest BCUT2D eigenvalue weighted by Crippen LogP contribution is 2.21. The van der Waals surface area contributed by atoms with Gasteiger partial charge in [-0.1, -0.05) is 25.7 Å². The molecule has 5 heteroatoms. The quantitative estimate of drug-likeness (QED) is 0.372. The van der Waals surface area contributed by atoms with E-state index in [2.05, 4.69) is 5.43 Å². The average molecular weight is 252 g/mol. The topological polar surface area (TPSA) is 77.5 Å². The van der Waals surface area contributed by atoms with Gasteiger partial charge in [-0.2, -0.15) is 0 Å². The highest BCUT2D eigenvalue weighted by atomic mass is 16.5. The first kappa shape index (κ1) is 13.1. The molecule has 1 aliphatic carbocycles. The maximum atomic E-state index is 11.4. The van der Waals surface area contributed by atoms with Gasteiger partial charge in [-0.25, -0.2) is 5.84 Å². The zero-order valence-corrected chi connectivity index (χ0v) is 10.5. The molecule has 1 aliphatic rings. The molecule has 0 aliphatic heterocycles. The van der Waals surface area contributed by atoms with Crippen molar-refractivity contribution < 1.29 is 13.9 Å². The fraction of sp³-hybridized carbons (Fsp3) is 0.615. The van der Waals surface area contributed by atoms with Gasteiger partial charge in [-0.3, -0.25) is 10.2 Å². The summed E-state index contributed by atoms with van der Waals surface area (Å²) in [5, 5.41) is 0. The minimum absolute atomic E-state index is 0.284. The first-order chi connectivity index (χ1) is 8.81. The number of rotatable bonds is 4. The molecule has 0 bridgehead atoms. The Morgan fingerprint density at radius 3 is 2.78 bits per heavy atom. The van der Waals surface area contributed by atoms with Crippen molar-refractivity contribution in [2.75, 3.05) is 0 Å². The molecule has 0 unspecified atom stereocenters. The molecule has 1 aromatic heterocycles. The fourth-order valence-corrected chi connectivity index (χ4v) is 2.33. The molecule has 5 nitrogen and oxygen atoms in total. The number of nitrogen functional groups attached to an aromatic ring is 1. The van der Waals surface area contributed by atoms with Crippen molar-refractivity contribution in [3.05, 3.63) is 23.7 Å². The van der Waals surface area contributed by atoms with Gasteiger partial charge in [0.05, 0.1) is 17.9 Å². The molecule has 0 atom stereocenters. The van der Waals surface area contributed by atoms with E-state index in [4.69, 9.17) is 15.0 Å². The molecule has 1 fully saturated rings. The van der Waals surface area contributed by atoms with E-state index in [1.807, 2.05) is 0 Å². The Balaban J connectivity index is 1.89. The lowest BCUT2D eigenvalue weighted by Gasteiger charge is -2.14. The second-order valence-electron chi connectivity index (χ2n) is 4.66. The number of nitrogens with two attached hydrogens (primary N) is 1. The Morgan fingerprint density at radius 1 is 1.39 bits per heavy atom. The van der Waals surface area contributed by atoms with Crippen LogP contribution >= 0.6 is 0 Å². The van der Waals surface area contributed by atoms with Gasteiger partial charge in [0.15, 0.2) is 0 Å². The van der Waals surface area contributed by atoms with Crippen molar-refractivity contribution in [1.29, 1.82) is 0 Å². The Kier molecular flexibility index (Phi) is 4.78. The zero-order chi connectivity index (χ0) is 12.8. The van der Waals surface area contributed by atoms with Crippen LogP contribution in [0.2, 0.25) is 0 Å². The molecule has 1 heterocycles. The van der Waals surface area contributed by atoms with Crippen LogP contribution in [0.25, 0.3) is 0 Å². The Morgan fingerprint density at radius 2 is 2.11 bits per heavy atom. The van der Waals surface area contributed by atoms with E-state index >= 15 is 0 Å². The van der Waals surface area contributed by atoms with Crippen molar-refractivity contribution in [3.63, 3.8) is 0 Å². The number of furan rings is 1. The van der Waals surface area contributed by atoms with E-state index < -0.39 is 0 Å². The van der Waals surface area contributed by atoms with Crippen molar-refractivity contribution in [2.45, 2.75) is 51.2 Å². The Labute approximate surface area is 107 Å². The normalized spacial score (nSPS) is 17.4. The second kappa shape index (κ2) is 6.56. The summed E-state index contributed by atoms with van der Waals surface area (Å²) >= 11 is 0. The largest absolute Gasteiger partial charge is 0.466 e. The lowest BCUT2D eigenvalue weighted by Crippen LogP contribution is -2.30. The number of carbonyl (C=O) groups excluding carboxylic acids is 1. The number of nitrogens with one attached hydrogen (secondary N) is 1. The zero-order valence-electron chi connectivity index (χ0n) is 10.5. The van der Waals surface area contributed by atoms with Gasteiger partial charge in [-0.05, 0) is 18.9 Å². The lowest BCUT2D eigenvalue weighted by atomic mass is 10.1. The highest BCUT2D eigenvalue weighted by molar-refractivity contribution is 5.94. The molecule has 0 spiro atoms. The van der Waals surface area contributed by atoms with Gasteiger partial charge in [0, 0.05) is 0 Å². The van der Waals surface area contributed by atoms with Gasteiger partial charge in [0.25, 0.3) is 5.91 Å². The molecule has 1 saturated carbocycles. The summed E-state index contributed by atoms with van der Waals surface area (Å²) in [5.41, 5.74) is 2.55. The molecular formula is C13H20N2O3. The van der Waals surface area contributed by atoms with E-state index in [1.54, 1.807) is 6.07 Å². The molecule has 0 aromatic carbocycles. The van der Waals surface area contributed by atoms with Gasteiger partial charge in [0.1, 0.15) is 12.4 Å². The number of amides is 1. The van der Waals surface area contributed by atoms with Crippen LogP contribution < -0.4 is 11.3 Å². The highest BCUT2D eigenvalue weighted by Gasteiger charge is 2.17. The molecule has 18 heavy (non-hydrogen) atoms. The monoisotopic (exact) mass is 252 g/mol. The van der Waals surface area contributed by atoms with Crippen LogP contribution in [-0.2, 0) is 11.3 Å². The van der Waals surface area contributed by atoms with Crippen molar-refractivity contribution in [2.24, 2.45) is 5.84 Å². The van der Waals surface area contributed by atoms with Crippen molar-refractivity contribution in [3.8, 4) is 0 Å². The van der Waals surface area contributed by atoms with Crippen LogP contribution in [0.1, 0.15) is 54.6 Å². The standard InChI is InChI=1S/C13H20N2O3/c14-15-13(16)11-7-8-17-12(11)9-18-10-5-3-1-2-4-6-10/h7-8,10H,1-6,9,14H2,(H,15,16). The Hall–Kier alpha value is -1.33. The number of hydrazine groups is 1. The molecule has 2 rings (SSSR count). The third-order valence-corrected chi connectivity index (χ3v) is 3.37. The second-order valence-corrected chi connectivity index (χ2v) is 4.66. The van der Waals surface area contributed by atoms with Crippen LogP contribution in [0.5, 0.6) is 0 Å². The molecule has 1 amide bonds. The summed E-state index contributed by atoms with van der Waals surface area (Å²) < 4.78 is 11.1. The van der Waals surface area contributed by atoms with Crippen LogP contribution in [0.4, 0.5) is 0 Å². The number of hydrogen-bond donors (Lipinski definition) is 2. The predicted molar refractivity (Wildman–Crippen MR) is 66.6 cm³/mol. The molecule has 100 valence electrons. The van der Waals surface area contributed by atoms with Gasteiger partial charge in [-0.15, -0.1) is 0 Å². The minimum Gasteiger partial charge on any atom is -0.466 e. The van der Waals surface area contributed by atoms with Crippen LogP contribution in [0, 0.1) is 0 Å². The van der Waals surface area contributed by atoms with Crippen molar-refractivity contribution >= 4 is 5.91 Å². The average Bonchev–Trinajstić information content (AvgIpc) is 2.71. The summed E-state index contributed by atoms with van der Waals surface area (Å²) in [6.07, 6.45) is 8.99. The van der Waals surface area contributed by atoms with E-state index in [9.17, 15) is 4.79 Å². The summed E-state index contributed by atoms with van der Waals surface area (Å²) in [6.45, 7) is 0.334. The van der Waals surface area contributed by atoms with Gasteiger partial charge < -0.3 is 9.15 Å². The molecule has 1 aromatic rings. The first-order valence-corrected chi connectivity index (χ1v) is 6.50. The molecule has 0 radical (unpaired) electrons. The molecular weight excluding hydrogens is 232 g/mol. The van der Waals surface area contributed by atoms with Crippen molar-refractivity contribution in [1.82, 2.24) is 5.43 Å². The van der Waals surface area contributed by atoms with E-state index in [0.717, 1.165) is 12.8 Å². The maximum absolute atomic E-state index is 11.4. The summed E-state index contributed by atoms with van der Waals surface area (Å²) in [7, 11) is 0. The SMILES string of the molecule is NNC(=O)c1ccoc1COC1CCCCCC1. The van der Waals surface area contributed by atoms with Crippen LogP contribution in [0.3, 0.4) is 0 Å². The van der Waals surface area contributed by atoms with Gasteiger partial charge >= 0.3 is 0 Å². The first-order valence-electron chi connectivity index (χ1n) is 6.50. The van der Waals surface area contributed by atoms with Crippen LogP contribution in [-0.4, -0.2) is 12.0 Å². The fourth-order valence-electron chi connectivity index (χ4n) is 2.33. The van der Waals surface area contributed by atoms with Gasteiger partial charge in [0.2, 0.25) is 0 Å². The lowest BCUT2D eigenvalue weighted by molar-refractivity contribution is 0.0214. The van der Waals surface area contributed by atoms with Crippen LogP contribution in [0.15, 0.2) is 16.7 Å². The Bertz CT molecular complexity index is 381. The summed E-state index contributed by atoms with van der Waals surface area (Å²) in [4.78, 5) is 11.4. The summed E-state index contributed by atoms with van der Waals surface area (Å²) in [5.74, 6) is 5.31. The van der Waals surface area contributed by atoms with E-state index in [-0.39, 0.29) is 12.0 Å². The third kappa shape index (κ3) is 3.34. The third-order valence-electron chi connectivity index (χ3n) is 3.37. The summed E-state index contributed by atoms with van der Waals surface area (Å²) in [6, 6.07) is 1.61. The molecule has 3 N–H and O–H groups in total. The number of ether oxygens (including phenoxy) is 1.